The molecule has 6 rings (SSSR count). The molecule has 0 radical (unpaired) electrons. The Hall–Kier alpha value is -3.38. The molecule has 39 heavy (non-hydrogen) atoms. The van der Waals surface area contributed by atoms with Crippen LogP contribution in [0.5, 0.6) is 0 Å². The monoisotopic (exact) mass is 570 g/mol. The van der Waals surface area contributed by atoms with Crippen molar-refractivity contribution in [3.05, 3.63) is 81.9 Å². The Labute approximate surface area is 239 Å². The summed E-state index contributed by atoms with van der Waals surface area (Å²) in [5.74, 6) is -0.522. The summed E-state index contributed by atoms with van der Waals surface area (Å²) in [6.45, 7) is 3.94. The third kappa shape index (κ3) is 4.59. The number of aryl methyl sites for hydroxylation is 2. The number of nitriles is 1. The predicted molar refractivity (Wildman–Crippen MR) is 159 cm³/mol. The number of thioether (sulfide) groups is 1. The number of hydrogen-bond acceptors (Lipinski definition) is 7. The fourth-order valence-electron chi connectivity index (χ4n) is 5.39. The van der Waals surface area contributed by atoms with Crippen LogP contribution in [-0.4, -0.2) is 23.7 Å². The summed E-state index contributed by atoms with van der Waals surface area (Å²) in [7, 11) is 0. The lowest BCUT2D eigenvalue weighted by Gasteiger charge is -2.17. The minimum Gasteiger partial charge on any atom is -0.462 e. The van der Waals surface area contributed by atoms with E-state index in [1.165, 1.54) is 34.2 Å². The molecule has 2 aromatic heterocycles. The molecule has 5 nitrogen and oxygen atoms in total. The highest BCUT2D eigenvalue weighted by Gasteiger charge is 2.32. The number of nitrogens with zero attached hydrogens (tertiary/aromatic N) is 1. The van der Waals surface area contributed by atoms with Gasteiger partial charge >= 0.3 is 5.97 Å². The van der Waals surface area contributed by atoms with E-state index in [4.69, 9.17) is 4.74 Å². The number of carbonyl (C=O) groups excluding carboxylic acids is 2. The average Bonchev–Trinajstić information content (AvgIpc) is 3.50. The molecule has 1 amide bonds. The van der Waals surface area contributed by atoms with Crippen LogP contribution >= 0.6 is 34.4 Å². The van der Waals surface area contributed by atoms with Crippen molar-refractivity contribution in [2.75, 3.05) is 11.9 Å². The van der Waals surface area contributed by atoms with Gasteiger partial charge in [-0.05, 0) is 72.9 Å². The SMILES string of the molecule is CCOC(=O)c1c(SC(C)C(=O)Nc2sc3c(c2C#N)CCc2ccccc2-3)sc2c1CCc1ccccc1-2. The van der Waals surface area contributed by atoms with Crippen molar-refractivity contribution in [1.82, 2.24) is 0 Å². The van der Waals surface area contributed by atoms with Crippen molar-refractivity contribution in [1.29, 1.82) is 5.26 Å². The van der Waals surface area contributed by atoms with E-state index in [0.717, 1.165) is 61.9 Å². The third-order valence-electron chi connectivity index (χ3n) is 7.28. The molecule has 4 aromatic rings. The van der Waals surface area contributed by atoms with E-state index in [1.54, 1.807) is 18.3 Å². The zero-order chi connectivity index (χ0) is 27.1. The molecule has 2 aliphatic rings. The fourth-order valence-corrected chi connectivity index (χ4v) is 9.47. The molecule has 0 saturated carbocycles. The molecular weight excluding hydrogens is 545 g/mol. The summed E-state index contributed by atoms with van der Waals surface area (Å²) in [5.41, 5.74) is 8.04. The maximum atomic E-state index is 13.4. The second kappa shape index (κ2) is 10.6. The highest BCUT2D eigenvalue weighted by atomic mass is 32.2. The van der Waals surface area contributed by atoms with Crippen molar-refractivity contribution >= 4 is 51.3 Å². The molecule has 0 spiro atoms. The van der Waals surface area contributed by atoms with E-state index < -0.39 is 5.25 Å². The molecule has 1 N–H and O–H groups in total. The largest absolute Gasteiger partial charge is 0.462 e. The van der Waals surface area contributed by atoms with E-state index in [1.807, 2.05) is 31.2 Å². The summed E-state index contributed by atoms with van der Waals surface area (Å²) in [4.78, 5) is 28.7. The topological polar surface area (TPSA) is 79.2 Å². The second-order valence-electron chi connectivity index (χ2n) is 9.58. The first kappa shape index (κ1) is 25.9. The molecule has 196 valence electrons. The van der Waals surface area contributed by atoms with Gasteiger partial charge in [0.15, 0.2) is 0 Å². The van der Waals surface area contributed by atoms with Crippen LogP contribution in [0, 0.1) is 11.3 Å². The molecule has 2 aromatic carbocycles. The van der Waals surface area contributed by atoms with Crippen LogP contribution in [0.3, 0.4) is 0 Å². The zero-order valence-corrected chi connectivity index (χ0v) is 24.1. The first-order valence-electron chi connectivity index (χ1n) is 13.0. The van der Waals surface area contributed by atoms with Gasteiger partial charge in [0.2, 0.25) is 5.91 Å². The normalized spacial score (nSPS) is 13.8. The van der Waals surface area contributed by atoms with Crippen LogP contribution in [-0.2, 0) is 35.2 Å². The van der Waals surface area contributed by atoms with Gasteiger partial charge in [0.25, 0.3) is 0 Å². The third-order valence-corrected chi connectivity index (χ3v) is 11.0. The Morgan fingerprint density at radius 1 is 0.974 bits per heavy atom. The maximum absolute atomic E-state index is 13.4. The van der Waals surface area contributed by atoms with Crippen LogP contribution in [0.25, 0.3) is 20.9 Å². The lowest BCUT2D eigenvalue weighted by atomic mass is 9.89. The van der Waals surface area contributed by atoms with Crippen LogP contribution in [0.4, 0.5) is 5.00 Å². The smallest absolute Gasteiger partial charge is 0.340 e. The fraction of sp³-hybridized carbons (Fsp3) is 0.258. The first-order chi connectivity index (χ1) is 19.0. The number of ether oxygens (including phenoxy) is 1. The van der Waals surface area contributed by atoms with Crippen LogP contribution in [0.1, 0.15) is 52.0 Å². The lowest BCUT2D eigenvalue weighted by molar-refractivity contribution is -0.115. The van der Waals surface area contributed by atoms with Gasteiger partial charge in [-0.25, -0.2) is 4.79 Å². The minimum atomic E-state index is -0.480. The van der Waals surface area contributed by atoms with Gasteiger partial charge in [-0.1, -0.05) is 48.5 Å². The van der Waals surface area contributed by atoms with Crippen LogP contribution in [0.15, 0.2) is 52.7 Å². The number of benzene rings is 2. The number of anilines is 1. The van der Waals surface area contributed by atoms with E-state index in [2.05, 4.69) is 35.7 Å². The number of thiophene rings is 2. The standard InChI is InChI=1S/C31H26N2O3S3/c1-3-36-30(35)25-23-15-13-19-9-5-7-11-21(19)27(23)39-31(25)37-17(2)28(34)33-29-24(16-32)22-14-12-18-8-4-6-10-20(18)26(22)38-29/h4-11,17H,3,12-15H2,1-2H3,(H,33,34). The van der Waals surface area contributed by atoms with E-state index in [9.17, 15) is 14.9 Å². The number of rotatable bonds is 6. The molecule has 1 atom stereocenters. The molecule has 2 heterocycles. The molecular formula is C31H26N2O3S3. The van der Waals surface area contributed by atoms with Gasteiger partial charge in [-0.15, -0.1) is 34.4 Å². The van der Waals surface area contributed by atoms with E-state index >= 15 is 0 Å². The van der Waals surface area contributed by atoms with Crippen molar-refractivity contribution in [3.63, 3.8) is 0 Å². The van der Waals surface area contributed by atoms with Crippen LogP contribution < -0.4 is 5.32 Å². The molecule has 1 unspecified atom stereocenters. The Morgan fingerprint density at radius 3 is 2.23 bits per heavy atom. The lowest BCUT2D eigenvalue weighted by Crippen LogP contribution is -2.22. The van der Waals surface area contributed by atoms with Crippen molar-refractivity contribution < 1.29 is 14.3 Å². The molecule has 0 aliphatic heterocycles. The van der Waals surface area contributed by atoms with Gasteiger partial charge in [0, 0.05) is 9.75 Å². The Morgan fingerprint density at radius 2 is 1.59 bits per heavy atom. The summed E-state index contributed by atoms with van der Waals surface area (Å²) in [6.07, 6.45) is 3.32. The first-order valence-corrected chi connectivity index (χ1v) is 15.5. The number of esters is 1. The number of nitrogens with one attached hydrogen (secondary N) is 1. The number of amides is 1. The van der Waals surface area contributed by atoms with E-state index in [-0.39, 0.29) is 11.9 Å². The molecule has 8 heteroatoms. The summed E-state index contributed by atoms with van der Waals surface area (Å²) < 4.78 is 6.25. The van der Waals surface area contributed by atoms with Crippen molar-refractivity contribution in [3.8, 4) is 27.0 Å². The molecule has 0 bridgehead atoms. The predicted octanol–water partition coefficient (Wildman–Crippen LogP) is 7.51. The molecule has 0 fully saturated rings. The van der Waals surface area contributed by atoms with Crippen molar-refractivity contribution in [2.24, 2.45) is 0 Å². The summed E-state index contributed by atoms with van der Waals surface area (Å²) >= 11 is 4.42. The average molecular weight is 571 g/mol. The van der Waals surface area contributed by atoms with Gasteiger partial charge in [-0.3, -0.25) is 4.79 Å². The van der Waals surface area contributed by atoms with Gasteiger partial charge in [-0.2, -0.15) is 5.26 Å². The Bertz CT molecular complexity index is 1660. The van der Waals surface area contributed by atoms with Gasteiger partial charge in [0.1, 0.15) is 11.1 Å². The van der Waals surface area contributed by atoms with Gasteiger partial charge < -0.3 is 10.1 Å². The summed E-state index contributed by atoms with van der Waals surface area (Å²) in [6, 6.07) is 18.9. The molecule has 0 saturated heterocycles. The second-order valence-corrected chi connectivity index (χ2v) is 13.2. The van der Waals surface area contributed by atoms with Gasteiger partial charge in [0.05, 0.1) is 27.2 Å². The quantitative estimate of drug-likeness (QED) is 0.192. The number of carbonyl (C=O) groups is 2. The highest BCUT2D eigenvalue weighted by Crippen LogP contribution is 2.48. The van der Waals surface area contributed by atoms with E-state index in [0.29, 0.717) is 22.7 Å². The van der Waals surface area contributed by atoms with Crippen molar-refractivity contribution in [2.45, 2.75) is 49.0 Å². The molecule has 2 aliphatic carbocycles. The Balaban J connectivity index is 1.29. The number of fused-ring (bicyclic) bond motifs is 6. The summed E-state index contributed by atoms with van der Waals surface area (Å²) in [5, 5.41) is 13.1. The highest BCUT2D eigenvalue weighted by molar-refractivity contribution is 8.02. The zero-order valence-electron chi connectivity index (χ0n) is 21.6. The maximum Gasteiger partial charge on any atom is 0.340 e. The number of hydrogen-bond donors (Lipinski definition) is 1. The minimum absolute atomic E-state index is 0.190. The van der Waals surface area contributed by atoms with Crippen LogP contribution in [0.2, 0.25) is 0 Å². The Kier molecular flexibility index (Phi) is 7.06.